The summed E-state index contributed by atoms with van der Waals surface area (Å²) >= 11 is 6.30. The molecule has 0 unspecified atom stereocenters. The van der Waals surface area contributed by atoms with Crippen LogP contribution in [0.15, 0.2) is 78.9 Å². The summed E-state index contributed by atoms with van der Waals surface area (Å²) in [5, 5.41) is 5.81. The van der Waals surface area contributed by atoms with Crippen molar-refractivity contribution in [3.63, 3.8) is 0 Å². The van der Waals surface area contributed by atoms with Crippen molar-refractivity contribution in [3.05, 3.63) is 112 Å². The minimum Gasteiger partial charge on any atom is -0.472 e. The second-order valence-corrected chi connectivity index (χ2v) is 10.5. The number of hydrogen-bond acceptors (Lipinski definition) is 4. The predicted octanol–water partition coefficient (Wildman–Crippen LogP) is 6.81. The van der Waals surface area contributed by atoms with Crippen molar-refractivity contribution in [3.8, 4) is 16.9 Å². The Kier molecular flexibility index (Phi) is 8.22. The van der Waals surface area contributed by atoms with Crippen LogP contribution in [0.5, 0.6) is 5.75 Å². The minimum atomic E-state index is -0.682. The van der Waals surface area contributed by atoms with E-state index in [4.69, 9.17) is 16.3 Å². The maximum Gasteiger partial charge on any atom is 0.264 e. The van der Waals surface area contributed by atoms with Crippen molar-refractivity contribution < 1.29 is 27.9 Å². The van der Waals surface area contributed by atoms with Crippen LogP contribution in [-0.2, 0) is 11.3 Å². The molecular formula is C32H26ClF2N3O4. The molecule has 0 bridgehead atoms. The maximum absolute atomic E-state index is 13.6. The molecule has 0 aromatic heterocycles. The molecule has 0 radical (unpaired) electrons. The standard InChI is InChI=1S/C32H26ClF2N3O4/c1-18(2)30(39)36-16-19-3-9-28(33)26(11-19)31(40)37-24-6-10-29-27(15-24)32(41)38(17-42-29)25-7-4-20(5-8-25)21-12-22(34)14-23(35)13-21/h3-15,18H,16-17H2,1-2H3,(H,36,39)(H,37,40). The molecule has 1 aliphatic heterocycles. The van der Waals surface area contributed by atoms with Gasteiger partial charge in [0.25, 0.3) is 11.8 Å². The van der Waals surface area contributed by atoms with Gasteiger partial charge in [-0.3, -0.25) is 19.3 Å². The number of benzene rings is 4. The minimum absolute atomic E-state index is 0.0404. The van der Waals surface area contributed by atoms with E-state index in [0.717, 1.165) is 6.07 Å². The van der Waals surface area contributed by atoms with Crippen molar-refractivity contribution in [2.24, 2.45) is 5.92 Å². The number of hydrogen-bond donors (Lipinski definition) is 2. The van der Waals surface area contributed by atoms with Crippen LogP contribution in [0.25, 0.3) is 11.1 Å². The van der Waals surface area contributed by atoms with E-state index >= 15 is 0 Å². The number of carbonyl (C=O) groups is 3. The molecule has 3 amide bonds. The molecule has 4 aromatic carbocycles. The monoisotopic (exact) mass is 589 g/mol. The first-order valence-electron chi connectivity index (χ1n) is 13.1. The van der Waals surface area contributed by atoms with Crippen molar-refractivity contribution in [1.82, 2.24) is 5.32 Å². The van der Waals surface area contributed by atoms with E-state index < -0.39 is 17.5 Å². The lowest BCUT2D eigenvalue weighted by Gasteiger charge is -2.29. The van der Waals surface area contributed by atoms with Gasteiger partial charge in [0.15, 0.2) is 6.73 Å². The molecule has 1 aliphatic rings. The van der Waals surface area contributed by atoms with E-state index in [2.05, 4.69) is 10.6 Å². The van der Waals surface area contributed by atoms with E-state index in [1.807, 2.05) is 0 Å². The van der Waals surface area contributed by atoms with Gasteiger partial charge in [0, 0.05) is 29.9 Å². The largest absolute Gasteiger partial charge is 0.472 e. The summed E-state index contributed by atoms with van der Waals surface area (Å²) in [6.07, 6.45) is 0. The molecule has 10 heteroatoms. The lowest BCUT2D eigenvalue weighted by atomic mass is 10.0. The van der Waals surface area contributed by atoms with Gasteiger partial charge < -0.3 is 15.4 Å². The molecule has 4 aromatic rings. The highest BCUT2D eigenvalue weighted by Gasteiger charge is 2.27. The van der Waals surface area contributed by atoms with Crippen molar-refractivity contribution in [2.75, 3.05) is 16.9 Å². The number of nitrogens with zero attached hydrogens (tertiary/aromatic N) is 1. The van der Waals surface area contributed by atoms with Gasteiger partial charge >= 0.3 is 0 Å². The summed E-state index contributed by atoms with van der Waals surface area (Å²) < 4.78 is 33.1. The topological polar surface area (TPSA) is 87.7 Å². The summed E-state index contributed by atoms with van der Waals surface area (Å²) in [6, 6.07) is 19.6. The molecule has 0 atom stereocenters. The van der Waals surface area contributed by atoms with Gasteiger partial charge in [-0.25, -0.2) is 8.78 Å². The fraction of sp³-hybridized carbons (Fsp3) is 0.156. The number of amides is 3. The molecule has 7 nitrogen and oxygen atoms in total. The van der Waals surface area contributed by atoms with Gasteiger partial charge in [0.2, 0.25) is 5.91 Å². The summed E-state index contributed by atoms with van der Waals surface area (Å²) in [5.74, 6) is -2.11. The van der Waals surface area contributed by atoms with E-state index in [9.17, 15) is 23.2 Å². The fourth-order valence-electron chi connectivity index (χ4n) is 4.43. The number of carbonyl (C=O) groups excluding carboxylic acids is 3. The normalized spacial score (nSPS) is 12.5. The lowest BCUT2D eigenvalue weighted by molar-refractivity contribution is -0.124. The lowest BCUT2D eigenvalue weighted by Crippen LogP contribution is -2.38. The highest BCUT2D eigenvalue weighted by Crippen LogP contribution is 2.32. The molecule has 0 saturated carbocycles. The number of anilines is 2. The van der Waals surface area contributed by atoms with Crippen molar-refractivity contribution >= 4 is 40.7 Å². The Hall–Kier alpha value is -4.76. The van der Waals surface area contributed by atoms with Crippen LogP contribution in [-0.4, -0.2) is 24.5 Å². The third-order valence-electron chi connectivity index (χ3n) is 6.70. The Morgan fingerprint density at radius 3 is 2.33 bits per heavy atom. The zero-order valence-corrected chi connectivity index (χ0v) is 23.5. The molecule has 214 valence electrons. The highest BCUT2D eigenvalue weighted by atomic mass is 35.5. The smallest absolute Gasteiger partial charge is 0.264 e. The fourth-order valence-corrected chi connectivity index (χ4v) is 4.64. The predicted molar refractivity (Wildman–Crippen MR) is 157 cm³/mol. The first kappa shape index (κ1) is 28.8. The van der Waals surface area contributed by atoms with Crippen LogP contribution < -0.4 is 20.3 Å². The molecule has 5 rings (SSSR count). The van der Waals surface area contributed by atoms with E-state index in [1.54, 1.807) is 68.4 Å². The molecule has 0 saturated heterocycles. The van der Waals surface area contributed by atoms with Crippen molar-refractivity contribution in [2.45, 2.75) is 20.4 Å². The summed E-state index contributed by atoms with van der Waals surface area (Å²) in [6.45, 7) is 3.78. The maximum atomic E-state index is 13.6. The Morgan fingerprint density at radius 2 is 1.64 bits per heavy atom. The van der Waals surface area contributed by atoms with Gasteiger partial charge in [-0.1, -0.05) is 43.6 Å². The van der Waals surface area contributed by atoms with E-state index in [1.165, 1.54) is 23.1 Å². The van der Waals surface area contributed by atoms with Crippen LogP contribution in [0.4, 0.5) is 20.2 Å². The Labute approximate surface area is 246 Å². The first-order chi connectivity index (χ1) is 20.1. The number of halogens is 3. The molecule has 0 aliphatic carbocycles. The van der Waals surface area contributed by atoms with Crippen LogP contribution in [0.1, 0.15) is 40.1 Å². The van der Waals surface area contributed by atoms with Crippen LogP contribution in [0.3, 0.4) is 0 Å². The van der Waals surface area contributed by atoms with Gasteiger partial charge in [-0.05, 0) is 71.3 Å². The summed E-state index contributed by atoms with van der Waals surface area (Å²) in [7, 11) is 0. The number of fused-ring (bicyclic) bond motifs is 1. The van der Waals surface area contributed by atoms with Gasteiger partial charge in [-0.15, -0.1) is 0 Å². The Bertz CT molecular complexity index is 1670. The quantitative estimate of drug-likeness (QED) is 0.248. The average Bonchev–Trinajstić information content (AvgIpc) is 2.96. The second-order valence-electron chi connectivity index (χ2n) is 10.1. The van der Waals surface area contributed by atoms with Crippen LogP contribution >= 0.6 is 11.6 Å². The van der Waals surface area contributed by atoms with E-state index in [-0.39, 0.29) is 47.2 Å². The average molecular weight is 590 g/mol. The Balaban J connectivity index is 1.31. The summed E-state index contributed by atoms with van der Waals surface area (Å²) in [4.78, 5) is 39.9. The first-order valence-corrected chi connectivity index (χ1v) is 13.5. The number of rotatable bonds is 7. The van der Waals surface area contributed by atoms with Crippen LogP contribution in [0, 0.1) is 17.6 Å². The second kappa shape index (κ2) is 12.0. The zero-order chi connectivity index (χ0) is 30.0. The van der Waals surface area contributed by atoms with Gasteiger partial charge in [-0.2, -0.15) is 0 Å². The number of ether oxygens (including phenoxy) is 1. The van der Waals surface area contributed by atoms with Gasteiger partial charge in [0.05, 0.1) is 16.1 Å². The third kappa shape index (κ3) is 6.26. The molecule has 42 heavy (non-hydrogen) atoms. The van der Waals surface area contributed by atoms with Gasteiger partial charge in [0.1, 0.15) is 17.4 Å². The molecule has 1 heterocycles. The highest BCUT2D eigenvalue weighted by molar-refractivity contribution is 6.34. The molecule has 0 fully saturated rings. The molecule has 2 N–H and O–H groups in total. The summed E-state index contributed by atoms with van der Waals surface area (Å²) in [5.41, 5.74) is 3.00. The zero-order valence-electron chi connectivity index (χ0n) is 22.7. The number of nitrogens with one attached hydrogen (secondary N) is 2. The third-order valence-corrected chi connectivity index (χ3v) is 7.03. The van der Waals surface area contributed by atoms with Crippen LogP contribution in [0.2, 0.25) is 5.02 Å². The van der Waals surface area contributed by atoms with Crippen molar-refractivity contribution in [1.29, 1.82) is 0 Å². The SMILES string of the molecule is CC(C)C(=O)NCc1ccc(Cl)c(C(=O)Nc2ccc3c(c2)C(=O)N(c2ccc(-c4cc(F)cc(F)c4)cc2)CO3)c1. The molecular weight excluding hydrogens is 564 g/mol. The molecule has 0 spiro atoms. The van der Waals surface area contributed by atoms with E-state index in [0.29, 0.717) is 33.8 Å². The Morgan fingerprint density at radius 1 is 0.929 bits per heavy atom.